The van der Waals surface area contributed by atoms with Gasteiger partial charge < -0.3 is 0 Å². The van der Waals surface area contributed by atoms with Crippen molar-refractivity contribution >= 4 is 30.6 Å². The smallest absolute Gasteiger partial charge is 0.194 e. The van der Waals surface area contributed by atoms with Crippen molar-refractivity contribution in [3.63, 3.8) is 0 Å². The van der Waals surface area contributed by atoms with E-state index in [4.69, 9.17) is 0 Å². The van der Waals surface area contributed by atoms with E-state index in [0.29, 0.717) is 0 Å². The Labute approximate surface area is 109 Å². The molecule has 1 nitrogen and oxygen atoms in total. The fourth-order valence-corrected chi connectivity index (χ4v) is 4.90. The summed E-state index contributed by atoms with van der Waals surface area (Å²) in [6.45, 7) is 7.27. The predicted molar refractivity (Wildman–Crippen MR) is 79.9 cm³/mol. The molecule has 0 N–H and O–H groups in total. The lowest BCUT2D eigenvalue weighted by Crippen LogP contribution is -2.33. The molecule has 0 aliphatic carbocycles. The molecule has 0 aliphatic rings. The first-order valence-corrected chi connectivity index (χ1v) is 10.9. The second-order valence-electron chi connectivity index (χ2n) is 5.63. The lowest BCUT2D eigenvalue weighted by molar-refractivity contribution is -0.674. The van der Waals surface area contributed by atoms with E-state index in [0.717, 1.165) is 5.88 Å². The van der Waals surface area contributed by atoms with E-state index in [2.05, 4.69) is 66.9 Å². The molecule has 2 rings (SSSR count). The fraction of sp³-hybridized carbons (Fsp3) is 0.357. The van der Waals surface area contributed by atoms with Crippen LogP contribution in [0.2, 0.25) is 19.6 Å². The molecule has 0 saturated heterocycles. The molecule has 90 valence electrons. The minimum Gasteiger partial charge on any atom is -0.195 e. The van der Waals surface area contributed by atoms with Gasteiger partial charge in [0.2, 0.25) is 0 Å². The second kappa shape index (κ2) is 5.23. The van der Waals surface area contributed by atoms with Crippen molar-refractivity contribution < 1.29 is 4.57 Å². The van der Waals surface area contributed by atoms with Crippen LogP contribution in [0.25, 0.3) is 10.8 Å². The number of benzene rings is 1. The molecule has 0 saturated carbocycles. The SMILES string of the molecule is C[Si](C)(C)CSC[n+]1ccc2ccccc2c1. The molecule has 1 heterocycles. The van der Waals surface area contributed by atoms with Gasteiger partial charge in [0.1, 0.15) is 0 Å². The van der Waals surface area contributed by atoms with Crippen LogP contribution in [-0.2, 0) is 5.88 Å². The van der Waals surface area contributed by atoms with Crippen LogP contribution in [-0.4, -0.2) is 13.5 Å². The average molecular weight is 262 g/mol. The average Bonchev–Trinajstić information content (AvgIpc) is 2.27. The van der Waals surface area contributed by atoms with Gasteiger partial charge in [-0.15, -0.1) is 0 Å². The van der Waals surface area contributed by atoms with Crippen LogP contribution in [0.4, 0.5) is 0 Å². The molecule has 0 unspecified atom stereocenters. The molecule has 17 heavy (non-hydrogen) atoms. The normalized spacial score (nSPS) is 11.9. The highest BCUT2D eigenvalue weighted by molar-refractivity contribution is 7.99. The van der Waals surface area contributed by atoms with Crippen LogP contribution in [0.15, 0.2) is 42.7 Å². The first-order chi connectivity index (χ1) is 8.04. The molecular weight excluding hydrogens is 242 g/mol. The van der Waals surface area contributed by atoms with Crippen LogP contribution in [0.1, 0.15) is 0 Å². The van der Waals surface area contributed by atoms with Crippen molar-refractivity contribution in [1.82, 2.24) is 0 Å². The predicted octanol–water partition coefficient (Wildman–Crippen LogP) is 3.70. The van der Waals surface area contributed by atoms with E-state index in [-0.39, 0.29) is 0 Å². The quantitative estimate of drug-likeness (QED) is 0.600. The molecule has 2 aromatic rings. The standard InChI is InChI=1S/C14H20NSSi/c1-17(2,3)12-16-11-15-9-8-13-6-4-5-7-14(13)10-15/h4-10H,11-12H2,1-3H3/q+1. The molecule has 0 amide bonds. The Balaban J connectivity index is 2.04. The molecule has 0 aliphatic heterocycles. The molecule has 0 atom stereocenters. The first kappa shape index (κ1) is 12.6. The van der Waals surface area contributed by atoms with Gasteiger partial charge in [0.15, 0.2) is 18.3 Å². The Hall–Kier alpha value is -0.803. The lowest BCUT2D eigenvalue weighted by atomic mass is 10.2. The zero-order chi connectivity index (χ0) is 12.3. The van der Waals surface area contributed by atoms with Gasteiger partial charge >= 0.3 is 0 Å². The van der Waals surface area contributed by atoms with Gasteiger partial charge in [-0.3, -0.25) is 0 Å². The summed E-state index contributed by atoms with van der Waals surface area (Å²) < 4.78 is 2.28. The van der Waals surface area contributed by atoms with E-state index in [1.54, 1.807) is 0 Å². The molecule has 3 heteroatoms. The molecule has 0 spiro atoms. The van der Waals surface area contributed by atoms with Crippen LogP contribution >= 0.6 is 11.8 Å². The van der Waals surface area contributed by atoms with Gasteiger partial charge in [-0.1, -0.05) is 49.6 Å². The maximum atomic E-state index is 2.42. The number of fused-ring (bicyclic) bond motifs is 1. The van der Waals surface area contributed by atoms with E-state index in [1.807, 2.05) is 11.8 Å². The number of aromatic nitrogens is 1. The van der Waals surface area contributed by atoms with Gasteiger partial charge in [0.05, 0.1) is 8.07 Å². The third kappa shape index (κ3) is 3.86. The highest BCUT2D eigenvalue weighted by atomic mass is 32.2. The van der Waals surface area contributed by atoms with Crippen molar-refractivity contribution in [3.05, 3.63) is 42.7 Å². The van der Waals surface area contributed by atoms with Crippen molar-refractivity contribution in [2.45, 2.75) is 25.5 Å². The van der Waals surface area contributed by atoms with Crippen LogP contribution in [0.5, 0.6) is 0 Å². The Morgan fingerprint density at radius 2 is 1.76 bits per heavy atom. The Morgan fingerprint density at radius 3 is 2.47 bits per heavy atom. The minimum atomic E-state index is -0.915. The number of rotatable bonds is 4. The van der Waals surface area contributed by atoms with E-state index in [9.17, 15) is 0 Å². The topological polar surface area (TPSA) is 3.88 Å². The van der Waals surface area contributed by atoms with Gasteiger partial charge in [0, 0.05) is 11.5 Å². The number of hydrogen-bond acceptors (Lipinski definition) is 1. The van der Waals surface area contributed by atoms with E-state index in [1.165, 1.54) is 16.1 Å². The van der Waals surface area contributed by atoms with E-state index < -0.39 is 8.07 Å². The third-order valence-corrected chi connectivity index (χ3v) is 7.28. The first-order valence-electron chi connectivity index (χ1n) is 6.00. The van der Waals surface area contributed by atoms with Gasteiger partial charge in [-0.2, -0.15) is 4.57 Å². The summed E-state index contributed by atoms with van der Waals surface area (Å²) in [4.78, 5) is 0. The minimum absolute atomic E-state index is 0.915. The number of nitrogens with zero attached hydrogens (tertiary/aromatic N) is 1. The largest absolute Gasteiger partial charge is 0.195 e. The number of thioether (sulfide) groups is 1. The van der Waals surface area contributed by atoms with Crippen molar-refractivity contribution in [3.8, 4) is 0 Å². The number of hydrogen-bond donors (Lipinski definition) is 0. The summed E-state index contributed by atoms with van der Waals surface area (Å²) in [6, 6.07) is 10.7. The maximum Gasteiger partial charge on any atom is 0.194 e. The van der Waals surface area contributed by atoms with Gasteiger partial charge in [-0.25, -0.2) is 0 Å². The van der Waals surface area contributed by atoms with Crippen molar-refractivity contribution in [2.75, 3.05) is 5.38 Å². The molecule has 0 fully saturated rings. The molecule has 1 aromatic heterocycles. The lowest BCUT2D eigenvalue weighted by Gasteiger charge is -2.13. The van der Waals surface area contributed by atoms with Crippen LogP contribution in [0.3, 0.4) is 0 Å². The second-order valence-corrected chi connectivity index (χ2v) is 12.6. The Bertz CT molecular complexity index is 505. The zero-order valence-corrected chi connectivity index (χ0v) is 12.6. The summed E-state index contributed by atoms with van der Waals surface area (Å²) in [5, 5.41) is 3.97. The summed E-state index contributed by atoms with van der Waals surface area (Å²) in [5.74, 6) is 1.06. The fourth-order valence-electron chi connectivity index (χ4n) is 1.72. The van der Waals surface area contributed by atoms with Crippen LogP contribution < -0.4 is 4.57 Å². The van der Waals surface area contributed by atoms with E-state index >= 15 is 0 Å². The monoisotopic (exact) mass is 262 g/mol. The third-order valence-electron chi connectivity index (χ3n) is 2.52. The van der Waals surface area contributed by atoms with Gasteiger partial charge in [-0.05, 0) is 16.8 Å². The maximum absolute atomic E-state index is 2.42. The zero-order valence-electron chi connectivity index (χ0n) is 10.8. The highest BCUT2D eigenvalue weighted by Crippen LogP contribution is 2.13. The van der Waals surface area contributed by atoms with Gasteiger partial charge in [0.25, 0.3) is 0 Å². The molecule has 1 aromatic carbocycles. The summed E-state index contributed by atoms with van der Waals surface area (Å²) >= 11 is 2.05. The molecular formula is C14H20NSSi+. The summed E-state index contributed by atoms with van der Waals surface area (Å²) in [6.07, 6.45) is 4.42. The van der Waals surface area contributed by atoms with Crippen molar-refractivity contribution in [1.29, 1.82) is 0 Å². The van der Waals surface area contributed by atoms with Crippen molar-refractivity contribution in [2.24, 2.45) is 0 Å². The summed E-state index contributed by atoms with van der Waals surface area (Å²) in [7, 11) is -0.915. The Morgan fingerprint density at radius 1 is 1.06 bits per heavy atom. The number of pyridine rings is 1. The molecule has 0 bridgehead atoms. The van der Waals surface area contributed by atoms with Crippen LogP contribution in [0, 0.1) is 0 Å². The highest BCUT2D eigenvalue weighted by Gasteiger charge is 2.14. The molecule has 0 radical (unpaired) electrons. The summed E-state index contributed by atoms with van der Waals surface area (Å²) in [5.41, 5.74) is 0. The Kier molecular flexibility index (Phi) is 3.89.